The molecule has 0 bridgehead atoms. The molecule has 1 atom stereocenters. The predicted octanol–water partition coefficient (Wildman–Crippen LogP) is 2.76. The van der Waals surface area contributed by atoms with Gasteiger partial charge in [0.05, 0.1) is 0 Å². The molecule has 2 nitrogen and oxygen atoms in total. The molecule has 2 N–H and O–H groups in total. The summed E-state index contributed by atoms with van der Waals surface area (Å²) in [6.45, 7) is 5.17. The van der Waals surface area contributed by atoms with E-state index in [2.05, 4.69) is 57.1 Å². The summed E-state index contributed by atoms with van der Waals surface area (Å²) >= 11 is 0. The molecule has 0 amide bonds. The predicted molar refractivity (Wildman–Crippen MR) is 70.6 cm³/mol. The highest BCUT2D eigenvalue weighted by Gasteiger charge is 2.12. The lowest BCUT2D eigenvalue weighted by atomic mass is 9.97. The monoisotopic (exact) mass is 220 g/mol. The zero-order chi connectivity index (χ0) is 12.1. The number of hydrogen-bond acceptors (Lipinski definition) is 2. The second-order valence-corrected chi connectivity index (χ2v) is 4.88. The van der Waals surface area contributed by atoms with E-state index in [1.807, 2.05) is 0 Å². The molecule has 0 aliphatic heterocycles. The normalized spacial score (nSPS) is 13.4. The van der Waals surface area contributed by atoms with Crippen molar-refractivity contribution in [3.05, 3.63) is 35.4 Å². The average molecular weight is 220 g/mol. The summed E-state index contributed by atoms with van der Waals surface area (Å²) in [5, 5.41) is 0. The summed E-state index contributed by atoms with van der Waals surface area (Å²) in [6, 6.07) is 9.36. The van der Waals surface area contributed by atoms with Gasteiger partial charge in [-0.2, -0.15) is 0 Å². The van der Waals surface area contributed by atoms with Crippen LogP contribution in [-0.4, -0.2) is 25.5 Å². The highest BCUT2D eigenvalue weighted by Crippen LogP contribution is 2.23. The second-order valence-electron chi connectivity index (χ2n) is 4.88. The Hall–Kier alpha value is -0.860. The van der Waals surface area contributed by atoms with Crippen LogP contribution in [0.1, 0.15) is 43.4 Å². The van der Waals surface area contributed by atoms with Crippen LogP contribution in [0.2, 0.25) is 0 Å². The standard InChI is InChI=1S/C14H24N2/c1-11(2)12-5-7-13(8-6-12)14(9-10-15)16(3)4/h5-8,11,14H,9-10,15H2,1-4H3. The molecule has 0 aliphatic carbocycles. The van der Waals surface area contributed by atoms with Crippen LogP contribution in [-0.2, 0) is 0 Å². The average Bonchev–Trinajstić information content (AvgIpc) is 2.25. The largest absolute Gasteiger partial charge is 0.330 e. The number of nitrogens with zero attached hydrogens (tertiary/aromatic N) is 1. The zero-order valence-corrected chi connectivity index (χ0v) is 10.9. The van der Waals surface area contributed by atoms with E-state index < -0.39 is 0 Å². The second kappa shape index (κ2) is 6.02. The van der Waals surface area contributed by atoms with E-state index in [-0.39, 0.29) is 0 Å². The van der Waals surface area contributed by atoms with Crippen molar-refractivity contribution < 1.29 is 0 Å². The van der Waals surface area contributed by atoms with E-state index in [0.717, 1.165) is 13.0 Å². The third-order valence-electron chi connectivity index (χ3n) is 3.05. The number of rotatable bonds is 5. The maximum Gasteiger partial charge on any atom is 0.0354 e. The molecule has 90 valence electrons. The molecule has 0 spiro atoms. The summed E-state index contributed by atoms with van der Waals surface area (Å²) in [6.07, 6.45) is 1.01. The minimum Gasteiger partial charge on any atom is -0.330 e. The first-order valence-corrected chi connectivity index (χ1v) is 6.02. The summed E-state index contributed by atoms with van der Waals surface area (Å²) in [7, 11) is 4.22. The van der Waals surface area contributed by atoms with Crippen LogP contribution in [0.5, 0.6) is 0 Å². The minimum atomic E-state index is 0.436. The molecule has 16 heavy (non-hydrogen) atoms. The lowest BCUT2D eigenvalue weighted by Gasteiger charge is -2.24. The van der Waals surface area contributed by atoms with Gasteiger partial charge in [0, 0.05) is 6.04 Å². The number of hydrogen-bond donors (Lipinski definition) is 1. The zero-order valence-electron chi connectivity index (χ0n) is 10.9. The van der Waals surface area contributed by atoms with E-state index in [1.165, 1.54) is 11.1 Å². The lowest BCUT2D eigenvalue weighted by molar-refractivity contribution is 0.287. The van der Waals surface area contributed by atoms with Crippen LogP contribution in [0.15, 0.2) is 24.3 Å². The van der Waals surface area contributed by atoms with Crippen molar-refractivity contribution in [1.82, 2.24) is 4.90 Å². The molecule has 2 heteroatoms. The third-order valence-corrected chi connectivity index (χ3v) is 3.05. The van der Waals surface area contributed by atoms with Crippen LogP contribution in [0.25, 0.3) is 0 Å². The van der Waals surface area contributed by atoms with Gasteiger partial charge in [0.1, 0.15) is 0 Å². The van der Waals surface area contributed by atoms with Crippen molar-refractivity contribution in [2.75, 3.05) is 20.6 Å². The van der Waals surface area contributed by atoms with Gasteiger partial charge in [0.15, 0.2) is 0 Å². The Morgan fingerprint density at radius 3 is 1.94 bits per heavy atom. The van der Waals surface area contributed by atoms with Crippen molar-refractivity contribution in [2.24, 2.45) is 5.73 Å². The summed E-state index contributed by atoms with van der Waals surface area (Å²) in [5.74, 6) is 0.598. The summed E-state index contributed by atoms with van der Waals surface area (Å²) in [4.78, 5) is 2.23. The first kappa shape index (κ1) is 13.2. The van der Waals surface area contributed by atoms with Gasteiger partial charge < -0.3 is 10.6 Å². The Labute approximate surface area is 99.5 Å². The van der Waals surface area contributed by atoms with Crippen LogP contribution in [0, 0.1) is 0 Å². The molecule has 0 fully saturated rings. The maximum absolute atomic E-state index is 5.66. The Morgan fingerprint density at radius 2 is 1.56 bits per heavy atom. The number of benzene rings is 1. The van der Waals surface area contributed by atoms with Gasteiger partial charge in [-0.3, -0.25) is 0 Å². The van der Waals surface area contributed by atoms with E-state index >= 15 is 0 Å². The molecule has 0 saturated carbocycles. The van der Waals surface area contributed by atoms with Gasteiger partial charge in [0.2, 0.25) is 0 Å². The van der Waals surface area contributed by atoms with Gasteiger partial charge in [-0.25, -0.2) is 0 Å². The molecular formula is C14H24N2. The van der Waals surface area contributed by atoms with Gasteiger partial charge in [-0.1, -0.05) is 38.1 Å². The fraction of sp³-hybridized carbons (Fsp3) is 0.571. The fourth-order valence-corrected chi connectivity index (χ4v) is 1.98. The van der Waals surface area contributed by atoms with Gasteiger partial charge >= 0.3 is 0 Å². The molecule has 1 rings (SSSR count). The molecule has 0 aliphatic rings. The Morgan fingerprint density at radius 1 is 1.06 bits per heavy atom. The Balaban J connectivity index is 2.85. The smallest absolute Gasteiger partial charge is 0.0354 e. The summed E-state index contributed by atoms with van der Waals surface area (Å²) < 4.78 is 0. The fourth-order valence-electron chi connectivity index (χ4n) is 1.98. The van der Waals surface area contributed by atoms with Crippen molar-refractivity contribution in [3.8, 4) is 0 Å². The molecule has 1 aromatic carbocycles. The Bertz CT molecular complexity index is 301. The molecule has 1 unspecified atom stereocenters. The first-order valence-electron chi connectivity index (χ1n) is 6.02. The minimum absolute atomic E-state index is 0.436. The van der Waals surface area contributed by atoms with Gasteiger partial charge in [0.25, 0.3) is 0 Å². The van der Waals surface area contributed by atoms with Crippen LogP contribution in [0.4, 0.5) is 0 Å². The van der Waals surface area contributed by atoms with E-state index in [0.29, 0.717) is 12.0 Å². The SMILES string of the molecule is CC(C)c1ccc(C(CCN)N(C)C)cc1. The first-order chi connectivity index (χ1) is 7.56. The van der Waals surface area contributed by atoms with E-state index in [9.17, 15) is 0 Å². The molecule has 1 aromatic rings. The highest BCUT2D eigenvalue weighted by molar-refractivity contribution is 5.26. The summed E-state index contributed by atoms with van der Waals surface area (Å²) in [5.41, 5.74) is 8.41. The molecule has 0 heterocycles. The van der Waals surface area contributed by atoms with E-state index in [1.54, 1.807) is 0 Å². The third kappa shape index (κ3) is 3.32. The van der Waals surface area contributed by atoms with Crippen molar-refractivity contribution in [2.45, 2.75) is 32.2 Å². The number of nitrogens with two attached hydrogens (primary N) is 1. The van der Waals surface area contributed by atoms with Crippen LogP contribution >= 0.6 is 0 Å². The van der Waals surface area contributed by atoms with Gasteiger partial charge in [-0.05, 0) is 44.1 Å². The quantitative estimate of drug-likeness (QED) is 0.826. The van der Waals surface area contributed by atoms with Crippen LogP contribution in [0.3, 0.4) is 0 Å². The van der Waals surface area contributed by atoms with Crippen molar-refractivity contribution in [3.63, 3.8) is 0 Å². The molecular weight excluding hydrogens is 196 g/mol. The van der Waals surface area contributed by atoms with Crippen LogP contribution < -0.4 is 5.73 Å². The molecule has 0 saturated heterocycles. The highest BCUT2D eigenvalue weighted by atomic mass is 15.1. The topological polar surface area (TPSA) is 29.3 Å². The van der Waals surface area contributed by atoms with Crippen molar-refractivity contribution >= 4 is 0 Å². The lowest BCUT2D eigenvalue weighted by Crippen LogP contribution is -2.22. The molecule has 0 aromatic heterocycles. The van der Waals surface area contributed by atoms with Gasteiger partial charge in [-0.15, -0.1) is 0 Å². The maximum atomic E-state index is 5.66. The van der Waals surface area contributed by atoms with Crippen molar-refractivity contribution in [1.29, 1.82) is 0 Å². The Kier molecular flexibility index (Phi) is 4.97. The molecule has 0 radical (unpaired) electrons. The van der Waals surface area contributed by atoms with E-state index in [4.69, 9.17) is 5.73 Å².